The quantitative estimate of drug-likeness (QED) is 0.573. The SMILES string of the molecule is CC(C)C[C@H](NC(=O)[C@@H]([NH3+])Cc1ccc(O)cc1)C(=O)OCc1ccccc1. The van der Waals surface area contributed by atoms with E-state index in [9.17, 15) is 14.7 Å². The highest BCUT2D eigenvalue weighted by molar-refractivity contribution is 5.86. The molecule has 150 valence electrons. The maximum absolute atomic E-state index is 12.6. The van der Waals surface area contributed by atoms with Crippen molar-refractivity contribution in [2.45, 2.75) is 45.4 Å². The van der Waals surface area contributed by atoms with Crippen molar-refractivity contribution < 1.29 is 25.2 Å². The lowest BCUT2D eigenvalue weighted by atomic mass is 10.0. The first kappa shape index (κ1) is 21.4. The zero-order valence-corrected chi connectivity index (χ0v) is 16.4. The van der Waals surface area contributed by atoms with Crippen molar-refractivity contribution in [2.24, 2.45) is 5.92 Å². The number of phenolic OH excluding ortho intramolecular Hbond substituents is 1. The van der Waals surface area contributed by atoms with Gasteiger partial charge >= 0.3 is 5.97 Å². The number of carbonyl (C=O) groups excluding carboxylic acids is 2. The van der Waals surface area contributed by atoms with E-state index >= 15 is 0 Å². The molecule has 2 aromatic carbocycles. The number of ether oxygens (including phenoxy) is 1. The number of amides is 1. The van der Waals surface area contributed by atoms with Gasteiger partial charge in [-0.15, -0.1) is 0 Å². The van der Waals surface area contributed by atoms with E-state index in [0.717, 1.165) is 11.1 Å². The van der Waals surface area contributed by atoms with Gasteiger partial charge in [0.1, 0.15) is 18.4 Å². The van der Waals surface area contributed by atoms with Crippen molar-refractivity contribution in [3.8, 4) is 5.75 Å². The summed E-state index contributed by atoms with van der Waals surface area (Å²) in [7, 11) is 0. The van der Waals surface area contributed by atoms with Crippen molar-refractivity contribution in [1.82, 2.24) is 5.32 Å². The molecule has 0 spiro atoms. The summed E-state index contributed by atoms with van der Waals surface area (Å²) < 4.78 is 5.40. The van der Waals surface area contributed by atoms with Crippen molar-refractivity contribution in [1.29, 1.82) is 0 Å². The molecule has 0 aliphatic carbocycles. The summed E-state index contributed by atoms with van der Waals surface area (Å²) in [6, 6.07) is 14.8. The molecular formula is C22H29N2O4+. The van der Waals surface area contributed by atoms with Gasteiger partial charge in [0.25, 0.3) is 5.91 Å². The van der Waals surface area contributed by atoms with Crippen molar-refractivity contribution in [2.75, 3.05) is 0 Å². The highest BCUT2D eigenvalue weighted by Gasteiger charge is 2.27. The average molecular weight is 385 g/mol. The number of hydrogen-bond acceptors (Lipinski definition) is 4. The zero-order valence-electron chi connectivity index (χ0n) is 16.4. The Hall–Kier alpha value is -2.86. The Morgan fingerprint density at radius 1 is 1.04 bits per heavy atom. The number of nitrogens with one attached hydrogen (secondary N) is 1. The number of esters is 1. The Balaban J connectivity index is 1.94. The Bertz CT molecular complexity index is 760. The monoisotopic (exact) mass is 385 g/mol. The second-order valence-corrected chi connectivity index (χ2v) is 7.35. The minimum absolute atomic E-state index is 0.172. The van der Waals surface area contributed by atoms with E-state index < -0.39 is 18.1 Å². The van der Waals surface area contributed by atoms with E-state index in [4.69, 9.17) is 4.74 Å². The topological polar surface area (TPSA) is 103 Å². The van der Waals surface area contributed by atoms with E-state index in [1.165, 1.54) is 0 Å². The highest BCUT2D eigenvalue weighted by Crippen LogP contribution is 2.12. The fourth-order valence-corrected chi connectivity index (χ4v) is 2.81. The maximum atomic E-state index is 12.6. The van der Waals surface area contributed by atoms with Crippen LogP contribution in [0.5, 0.6) is 5.75 Å². The molecule has 1 amide bonds. The predicted molar refractivity (Wildman–Crippen MR) is 106 cm³/mol. The molecule has 28 heavy (non-hydrogen) atoms. The minimum atomic E-state index is -0.708. The summed E-state index contributed by atoms with van der Waals surface area (Å²) in [4.78, 5) is 25.1. The van der Waals surface area contributed by atoms with Gasteiger partial charge in [0, 0.05) is 6.42 Å². The first-order valence-electron chi connectivity index (χ1n) is 9.47. The van der Waals surface area contributed by atoms with Gasteiger partial charge in [0.2, 0.25) is 0 Å². The van der Waals surface area contributed by atoms with Crippen LogP contribution in [0.1, 0.15) is 31.4 Å². The maximum Gasteiger partial charge on any atom is 0.328 e. The molecule has 0 aromatic heterocycles. The van der Waals surface area contributed by atoms with E-state index in [1.807, 2.05) is 44.2 Å². The summed E-state index contributed by atoms with van der Waals surface area (Å²) in [5.41, 5.74) is 5.70. The number of hydrogen-bond donors (Lipinski definition) is 3. The first-order chi connectivity index (χ1) is 13.3. The molecule has 5 N–H and O–H groups in total. The summed E-state index contributed by atoms with van der Waals surface area (Å²) >= 11 is 0. The minimum Gasteiger partial charge on any atom is -0.508 e. The van der Waals surface area contributed by atoms with E-state index in [0.29, 0.717) is 12.8 Å². The first-order valence-corrected chi connectivity index (χ1v) is 9.47. The van der Waals surface area contributed by atoms with Crippen LogP contribution < -0.4 is 11.1 Å². The van der Waals surface area contributed by atoms with Crippen LogP contribution in [0, 0.1) is 5.92 Å². The van der Waals surface area contributed by atoms with Crippen LogP contribution in [0.3, 0.4) is 0 Å². The summed E-state index contributed by atoms with van der Waals surface area (Å²) in [5, 5.41) is 12.1. The summed E-state index contributed by atoms with van der Waals surface area (Å²) in [6.45, 7) is 4.15. The smallest absolute Gasteiger partial charge is 0.328 e. The number of benzene rings is 2. The Kier molecular flexibility index (Phi) is 8.02. The van der Waals surface area contributed by atoms with Crippen LogP contribution in [0.25, 0.3) is 0 Å². The van der Waals surface area contributed by atoms with Gasteiger partial charge in [-0.3, -0.25) is 4.79 Å². The van der Waals surface area contributed by atoms with Crippen LogP contribution in [0.4, 0.5) is 0 Å². The normalized spacial score (nSPS) is 13.0. The molecular weight excluding hydrogens is 356 g/mol. The fourth-order valence-electron chi connectivity index (χ4n) is 2.81. The lowest BCUT2D eigenvalue weighted by molar-refractivity contribution is -0.403. The third-order valence-corrected chi connectivity index (χ3v) is 4.32. The third kappa shape index (κ3) is 7.04. The van der Waals surface area contributed by atoms with Crippen LogP contribution in [0.15, 0.2) is 54.6 Å². The molecule has 2 aromatic rings. The van der Waals surface area contributed by atoms with Gasteiger partial charge in [-0.2, -0.15) is 0 Å². The van der Waals surface area contributed by atoms with Crippen LogP contribution >= 0.6 is 0 Å². The predicted octanol–water partition coefficient (Wildman–Crippen LogP) is 1.82. The molecule has 0 bridgehead atoms. The lowest BCUT2D eigenvalue weighted by Gasteiger charge is -2.20. The van der Waals surface area contributed by atoms with Crippen molar-refractivity contribution in [3.63, 3.8) is 0 Å². The summed E-state index contributed by atoms with van der Waals surface area (Å²) in [6.07, 6.45) is 0.908. The second-order valence-electron chi connectivity index (χ2n) is 7.35. The molecule has 0 aliphatic heterocycles. The number of quaternary nitrogens is 1. The number of carbonyl (C=O) groups is 2. The Morgan fingerprint density at radius 3 is 2.29 bits per heavy atom. The van der Waals surface area contributed by atoms with Gasteiger partial charge in [0.05, 0.1) is 0 Å². The van der Waals surface area contributed by atoms with Crippen LogP contribution in [0.2, 0.25) is 0 Å². The van der Waals surface area contributed by atoms with Gasteiger partial charge < -0.3 is 20.9 Å². The molecule has 0 aliphatic rings. The number of rotatable bonds is 9. The fraction of sp³-hybridized carbons (Fsp3) is 0.364. The van der Waals surface area contributed by atoms with Crippen molar-refractivity contribution in [3.05, 3.63) is 65.7 Å². The van der Waals surface area contributed by atoms with Crippen LogP contribution in [-0.4, -0.2) is 29.1 Å². The molecule has 2 atom stereocenters. The molecule has 2 rings (SSSR count). The van der Waals surface area contributed by atoms with Crippen molar-refractivity contribution >= 4 is 11.9 Å². The zero-order chi connectivity index (χ0) is 20.5. The average Bonchev–Trinajstić information content (AvgIpc) is 2.67. The molecule has 0 heterocycles. The second kappa shape index (κ2) is 10.5. The molecule has 0 unspecified atom stereocenters. The molecule has 0 saturated heterocycles. The summed E-state index contributed by atoms with van der Waals surface area (Å²) in [5.74, 6) is -0.347. The van der Waals surface area contributed by atoms with Gasteiger partial charge in [-0.1, -0.05) is 56.3 Å². The molecule has 6 nitrogen and oxygen atoms in total. The molecule has 0 saturated carbocycles. The third-order valence-electron chi connectivity index (χ3n) is 4.32. The highest BCUT2D eigenvalue weighted by atomic mass is 16.5. The Morgan fingerprint density at radius 2 is 1.68 bits per heavy atom. The molecule has 6 heteroatoms. The molecule has 0 fully saturated rings. The van der Waals surface area contributed by atoms with Gasteiger partial charge in [-0.25, -0.2) is 4.79 Å². The Labute approximate surface area is 165 Å². The molecule has 0 radical (unpaired) electrons. The van der Waals surface area contributed by atoms with Crippen LogP contribution in [-0.2, 0) is 27.4 Å². The van der Waals surface area contributed by atoms with Gasteiger partial charge in [-0.05, 0) is 35.6 Å². The lowest BCUT2D eigenvalue weighted by Crippen LogP contribution is -2.69. The number of phenols is 1. The van der Waals surface area contributed by atoms with E-state index in [-0.39, 0.29) is 24.2 Å². The largest absolute Gasteiger partial charge is 0.508 e. The standard InChI is InChI=1S/C22H28N2O4/c1-15(2)12-20(22(27)28-14-17-6-4-3-5-7-17)24-21(26)19(23)13-16-8-10-18(25)11-9-16/h3-11,15,19-20,25H,12-14,23H2,1-2H3,(H,24,26)/p+1/t19-,20-/m0/s1. The van der Waals surface area contributed by atoms with E-state index in [2.05, 4.69) is 11.1 Å². The van der Waals surface area contributed by atoms with Gasteiger partial charge in [0.15, 0.2) is 6.04 Å². The van der Waals surface area contributed by atoms with E-state index in [1.54, 1.807) is 24.3 Å². The number of aromatic hydroxyl groups is 1.